The molecule has 0 bridgehead atoms. The molecule has 0 atom stereocenters. The van der Waals surface area contributed by atoms with E-state index < -0.39 is 0 Å². The monoisotopic (exact) mass is 210 g/mol. The van der Waals surface area contributed by atoms with Crippen molar-refractivity contribution in [3.63, 3.8) is 0 Å². The van der Waals surface area contributed by atoms with Gasteiger partial charge in [-0.05, 0) is 50.7 Å². The summed E-state index contributed by atoms with van der Waals surface area (Å²) in [6.07, 6.45) is 11.1. The fourth-order valence-corrected chi connectivity index (χ4v) is 1.30. The summed E-state index contributed by atoms with van der Waals surface area (Å²) in [5.41, 5.74) is 2.66. The van der Waals surface area contributed by atoms with Gasteiger partial charge in [-0.15, -0.1) is 0 Å². The Kier molecular flexibility index (Phi) is 9.35. The summed E-state index contributed by atoms with van der Waals surface area (Å²) in [5.74, 6) is 0. The molecule has 0 aliphatic carbocycles. The highest BCUT2D eigenvalue weighted by atomic mass is 16.5. The van der Waals surface area contributed by atoms with Gasteiger partial charge in [0.2, 0.25) is 0 Å². The first-order valence-corrected chi connectivity index (χ1v) is 6.17. The number of hydrogen-bond acceptors (Lipinski definition) is 1. The fourth-order valence-electron chi connectivity index (χ4n) is 1.30. The van der Waals surface area contributed by atoms with Crippen LogP contribution in [0.15, 0.2) is 23.7 Å². The van der Waals surface area contributed by atoms with Gasteiger partial charge in [0.25, 0.3) is 0 Å². The normalized spacial score (nSPS) is 13.1. The van der Waals surface area contributed by atoms with Crippen molar-refractivity contribution in [1.82, 2.24) is 0 Å². The molecule has 88 valence electrons. The molecule has 0 heterocycles. The first-order chi connectivity index (χ1) is 7.20. The number of hydrogen-bond donors (Lipinski definition) is 0. The highest BCUT2D eigenvalue weighted by Gasteiger charge is 1.90. The van der Waals surface area contributed by atoms with Crippen molar-refractivity contribution in [2.45, 2.75) is 66.2 Å². The van der Waals surface area contributed by atoms with E-state index in [1.807, 2.05) is 12.5 Å². The van der Waals surface area contributed by atoms with Crippen LogP contribution in [0.3, 0.4) is 0 Å². The number of unbranched alkanes of at least 4 members (excludes halogenated alkanes) is 2. The van der Waals surface area contributed by atoms with Gasteiger partial charge in [0.1, 0.15) is 0 Å². The third-order valence-electron chi connectivity index (χ3n) is 2.39. The predicted molar refractivity (Wildman–Crippen MR) is 67.6 cm³/mol. The standard InChI is InChI=1S/C14H26O/c1-5-7-9-13(3)11-15-12-14(4)10-8-6-2/h11-12H,5-10H2,1-4H3. The van der Waals surface area contributed by atoms with Gasteiger partial charge in [-0.25, -0.2) is 0 Å². The highest BCUT2D eigenvalue weighted by molar-refractivity contribution is 4.97. The average Bonchev–Trinajstić information content (AvgIpc) is 2.23. The van der Waals surface area contributed by atoms with Crippen LogP contribution in [-0.4, -0.2) is 0 Å². The maximum atomic E-state index is 5.43. The van der Waals surface area contributed by atoms with Crippen molar-refractivity contribution < 1.29 is 4.74 Å². The van der Waals surface area contributed by atoms with Crippen LogP contribution in [0.1, 0.15) is 66.2 Å². The lowest BCUT2D eigenvalue weighted by Gasteiger charge is -2.01. The molecule has 1 nitrogen and oxygen atoms in total. The smallest absolute Gasteiger partial charge is 0.0890 e. The Morgan fingerprint density at radius 2 is 1.27 bits per heavy atom. The van der Waals surface area contributed by atoms with Crippen LogP contribution in [0.4, 0.5) is 0 Å². The molecule has 0 N–H and O–H groups in total. The highest BCUT2D eigenvalue weighted by Crippen LogP contribution is 2.09. The van der Waals surface area contributed by atoms with E-state index in [2.05, 4.69) is 27.7 Å². The first-order valence-electron chi connectivity index (χ1n) is 6.17. The molecule has 0 aliphatic heterocycles. The van der Waals surface area contributed by atoms with Gasteiger partial charge in [0.15, 0.2) is 0 Å². The number of allylic oxidation sites excluding steroid dienone is 2. The van der Waals surface area contributed by atoms with Crippen molar-refractivity contribution in [2.24, 2.45) is 0 Å². The molecule has 0 rings (SSSR count). The molecule has 0 saturated carbocycles. The van der Waals surface area contributed by atoms with E-state index in [4.69, 9.17) is 4.74 Å². The van der Waals surface area contributed by atoms with Gasteiger partial charge < -0.3 is 4.74 Å². The van der Waals surface area contributed by atoms with E-state index in [1.165, 1.54) is 36.8 Å². The Balaban J connectivity index is 3.72. The SMILES string of the molecule is CCCCC(C)=COC=C(C)CCCC. The van der Waals surface area contributed by atoms with Gasteiger partial charge in [0, 0.05) is 0 Å². The molecule has 0 aromatic carbocycles. The third-order valence-corrected chi connectivity index (χ3v) is 2.39. The van der Waals surface area contributed by atoms with Crippen molar-refractivity contribution in [1.29, 1.82) is 0 Å². The Morgan fingerprint density at radius 3 is 1.60 bits per heavy atom. The molecular formula is C14H26O. The molecule has 0 fully saturated rings. The first kappa shape index (κ1) is 14.3. The summed E-state index contributed by atoms with van der Waals surface area (Å²) in [6, 6.07) is 0. The molecular weight excluding hydrogens is 184 g/mol. The van der Waals surface area contributed by atoms with Crippen LogP contribution < -0.4 is 0 Å². The van der Waals surface area contributed by atoms with Gasteiger partial charge in [-0.1, -0.05) is 26.7 Å². The van der Waals surface area contributed by atoms with E-state index >= 15 is 0 Å². The molecule has 0 amide bonds. The molecule has 0 unspecified atom stereocenters. The second-order valence-corrected chi connectivity index (χ2v) is 4.27. The summed E-state index contributed by atoms with van der Waals surface area (Å²) in [5, 5.41) is 0. The van der Waals surface area contributed by atoms with Gasteiger partial charge in [-0.3, -0.25) is 0 Å². The Hall–Kier alpha value is -0.720. The van der Waals surface area contributed by atoms with Crippen LogP contribution in [0, 0.1) is 0 Å². The van der Waals surface area contributed by atoms with Crippen LogP contribution >= 0.6 is 0 Å². The predicted octanol–water partition coefficient (Wildman–Crippen LogP) is 5.19. The van der Waals surface area contributed by atoms with Gasteiger partial charge in [-0.2, -0.15) is 0 Å². The zero-order valence-corrected chi connectivity index (χ0v) is 10.8. The van der Waals surface area contributed by atoms with E-state index in [0.717, 1.165) is 12.8 Å². The second kappa shape index (κ2) is 9.82. The molecule has 0 aromatic heterocycles. The van der Waals surface area contributed by atoms with Crippen LogP contribution in [0.5, 0.6) is 0 Å². The minimum Gasteiger partial charge on any atom is -0.473 e. The molecule has 0 saturated heterocycles. The summed E-state index contributed by atoms with van der Waals surface area (Å²) >= 11 is 0. The maximum Gasteiger partial charge on any atom is 0.0890 e. The van der Waals surface area contributed by atoms with E-state index in [9.17, 15) is 0 Å². The molecule has 15 heavy (non-hydrogen) atoms. The van der Waals surface area contributed by atoms with Crippen LogP contribution in [0.25, 0.3) is 0 Å². The maximum absolute atomic E-state index is 5.43. The molecule has 1 heteroatoms. The topological polar surface area (TPSA) is 9.23 Å². The number of ether oxygens (including phenoxy) is 1. The summed E-state index contributed by atoms with van der Waals surface area (Å²) in [6.45, 7) is 8.68. The minimum absolute atomic E-state index is 1.15. The Bertz CT molecular complexity index is 179. The molecule has 0 spiro atoms. The summed E-state index contributed by atoms with van der Waals surface area (Å²) in [4.78, 5) is 0. The van der Waals surface area contributed by atoms with Gasteiger partial charge >= 0.3 is 0 Å². The van der Waals surface area contributed by atoms with E-state index in [0.29, 0.717) is 0 Å². The number of rotatable bonds is 8. The Labute approximate surface area is 95.2 Å². The lowest BCUT2D eigenvalue weighted by molar-refractivity contribution is 0.389. The van der Waals surface area contributed by atoms with Crippen molar-refractivity contribution in [3.05, 3.63) is 23.7 Å². The van der Waals surface area contributed by atoms with Crippen molar-refractivity contribution in [3.8, 4) is 0 Å². The lowest BCUT2D eigenvalue weighted by Crippen LogP contribution is -1.81. The lowest BCUT2D eigenvalue weighted by atomic mass is 10.1. The molecule has 0 aliphatic rings. The third kappa shape index (κ3) is 9.58. The Morgan fingerprint density at radius 1 is 0.867 bits per heavy atom. The fraction of sp³-hybridized carbons (Fsp3) is 0.714. The second-order valence-electron chi connectivity index (χ2n) is 4.27. The van der Waals surface area contributed by atoms with Crippen molar-refractivity contribution in [2.75, 3.05) is 0 Å². The van der Waals surface area contributed by atoms with E-state index in [-0.39, 0.29) is 0 Å². The van der Waals surface area contributed by atoms with E-state index in [1.54, 1.807) is 0 Å². The average molecular weight is 210 g/mol. The minimum atomic E-state index is 1.15. The molecule has 0 aromatic rings. The largest absolute Gasteiger partial charge is 0.473 e. The zero-order valence-electron chi connectivity index (χ0n) is 10.8. The quantitative estimate of drug-likeness (QED) is 0.501. The zero-order chi connectivity index (χ0) is 11.5. The van der Waals surface area contributed by atoms with Crippen molar-refractivity contribution >= 4 is 0 Å². The van der Waals surface area contributed by atoms with Crippen LogP contribution in [0.2, 0.25) is 0 Å². The van der Waals surface area contributed by atoms with Crippen LogP contribution in [-0.2, 0) is 4.74 Å². The van der Waals surface area contributed by atoms with Gasteiger partial charge in [0.05, 0.1) is 12.5 Å². The molecule has 0 radical (unpaired) electrons. The summed E-state index contributed by atoms with van der Waals surface area (Å²) in [7, 11) is 0. The summed E-state index contributed by atoms with van der Waals surface area (Å²) < 4.78 is 5.43.